The third kappa shape index (κ3) is 5.33. The molecule has 19 heavy (non-hydrogen) atoms. The molecule has 0 nitrogen and oxygen atoms in total. The maximum atomic E-state index is 5.33. The van der Waals surface area contributed by atoms with E-state index in [4.69, 9.17) is 36.7 Å². The fraction of sp³-hybridized carbons (Fsp3) is 0.667. The number of thiol groups is 1. The average molecular weight is 331 g/mol. The van der Waals surface area contributed by atoms with Gasteiger partial charge in [0, 0.05) is 4.90 Å². The lowest BCUT2D eigenvalue weighted by molar-refractivity contribution is 0.575. The summed E-state index contributed by atoms with van der Waals surface area (Å²) in [6.45, 7) is 2.25. The minimum atomic E-state index is 0.657. The molecule has 0 aliphatic carbocycles. The van der Waals surface area contributed by atoms with Crippen LogP contribution in [0.3, 0.4) is 0 Å². The van der Waals surface area contributed by atoms with Crippen molar-refractivity contribution in [2.75, 3.05) is 0 Å². The summed E-state index contributed by atoms with van der Waals surface area (Å²) in [5, 5.41) is 0. The Balaban J connectivity index is 2.27. The molecule has 1 aromatic carbocycles. The van der Waals surface area contributed by atoms with Crippen LogP contribution in [0.4, 0.5) is 0 Å². The Bertz CT molecular complexity index is 524. The molecule has 0 fully saturated rings. The fourth-order valence-electron chi connectivity index (χ4n) is 2.26. The van der Waals surface area contributed by atoms with Crippen LogP contribution in [0.1, 0.15) is 63.9 Å². The number of hydrogen-bond acceptors (Lipinski definition) is 4. The van der Waals surface area contributed by atoms with Crippen molar-refractivity contribution in [2.24, 2.45) is 0 Å². The van der Waals surface area contributed by atoms with Gasteiger partial charge in [0.25, 0.3) is 0 Å². The summed E-state index contributed by atoms with van der Waals surface area (Å²) in [4.78, 5) is 0.855. The molecule has 1 rings (SSSR count). The summed E-state index contributed by atoms with van der Waals surface area (Å²) in [6, 6.07) is 0. The second-order valence-electron chi connectivity index (χ2n) is 5.04. The van der Waals surface area contributed by atoms with Gasteiger partial charge in [0.1, 0.15) is 0 Å². The maximum absolute atomic E-state index is 5.33. The van der Waals surface area contributed by atoms with Crippen molar-refractivity contribution in [1.82, 2.24) is 0 Å². The Kier molecular flexibility index (Phi) is 8.54. The van der Waals surface area contributed by atoms with Gasteiger partial charge in [-0.2, -0.15) is 0 Å². The molecule has 4 heteroatoms. The first kappa shape index (κ1) is 17.4. The molecule has 0 aliphatic rings. The molecule has 0 heterocycles. The highest BCUT2D eigenvalue weighted by Crippen LogP contribution is 2.24. The summed E-state index contributed by atoms with van der Waals surface area (Å²) in [6.07, 6.45) is 11.5. The highest BCUT2D eigenvalue weighted by Gasteiger charge is 2.08. The summed E-state index contributed by atoms with van der Waals surface area (Å²) in [5.74, 6) is 0. The molecular formula is C15H22S4. The van der Waals surface area contributed by atoms with Crippen molar-refractivity contribution in [3.05, 3.63) is 19.1 Å². The molecule has 0 aromatic heterocycles. The Morgan fingerprint density at radius 2 is 1.26 bits per heavy atom. The number of hydrogen-bond donors (Lipinski definition) is 1. The van der Waals surface area contributed by atoms with Gasteiger partial charge in [-0.05, 0) is 18.4 Å². The van der Waals surface area contributed by atoms with Crippen molar-refractivity contribution in [2.45, 2.75) is 69.6 Å². The molecular weight excluding hydrogens is 308 g/mol. The second kappa shape index (κ2) is 9.32. The first-order chi connectivity index (χ1) is 9.09. The van der Waals surface area contributed by atoms with Crippen LogP contribution in [0.5, 0.6) is 0 Å². The van der Waals surface area contributed by atoms with Gasteiger partial charge in [0.2, 0.25) is 0 Å². The van der Waals surface area contributed by atoms with Crippen molar-refractivity contribution < 1.29 is 0 Å². The Morgan fingerprint density at radius 1 is 0.737 bits per heavy atom. The largest absolute Gasteiger partial charge is 0.142 e. The molecule has 0 atom stereocenters. The standard InChI is InChI=1S/C15H22S4/c1-2-3-4-5-6-7-8-9-10-11-12(16)14(18)15(19)13(11)17/h16H,2-10H2,1H3. The van der Waals surface area contributed by atoms with Gasteiger partial charge in [0.05, 0.1) is 13.5 Å². The van der Waals surface area contributed by atoms with E-state index < -0.39 is 0 Å². The summed E-state index contributed by atoms with van der Waals surface area (Å²) in [7, 11) is 0. The maximum Gasteiger partial charge on any atom is 0.0752 e. The molecule has 0 saturated carbocycles. The molecule has 0 bridgehead atoms. The van der Waals surface area contributed by atoms with Crippen LogP contribution in [0.2, 0.25) is 0 Å². The highest BCUT2D eigenvalue weighted by atomic mass is 32.1. The van der Waals surface area contributed by atoms with E-state index in [0.717, 1.165) is 21.4 Å². The molecule has 0 unspecified atom stereocenters. The van der Waals surface area contributed by atoms with E-state index >= 15 is 0 Å². The van der Waals surface area contributed by atoms with Crippen molar-refractivity contribution >= 4 is 49.3 Å². The van der Waals surface area contributed by atoms with E-state index in [0.29, 0.717) is 9.02 Å². The van der Waals surface area contributed by atoms with Crippen LogP contribution >= 0.6 is 49.3 Å². The second-order valence-corrected chi connectivity index (χ2v) is 6.71. The quantitative estimate of drug-likeness (QED) is 0.303. The smallest absolute Gasteiger partial charge is 0.0752 e. The molecule has 0 spiro atoms. The molecule has 106 valence electrons. The van der Waals surface area contributed by atoms with E-state index in [9.17, 15) is 0 Å². The zero-order valence-electron chi connectivity index (χ0n) is 11.5. The van der Waals surface area contributed by atoms with Crippen molar-refractivity contribution in [1.29, 1.82) is 0 Å². The van der Waals surface area contributed by atoms with Crippen LogP contribution in [0.25, 0.3) is 0 Å². The van der Waals surface area contributed by atoms with Gasteiger partial charge in [-0.3, -0.25) is 0 Å². The lowest BCUT2D eigenvalue weighted by atomic mass is 10.1. The van der Waals surface area contributed by atoms with Crippen LogP contribution in [0, 0.1) is 13.5 Å². The summed E-state index contributed by atoms with van der Waals surface area (Å²) >= 11 is 20.2. The monoisotopic (exact) mass is 330 g/mol. The molecule has 0 saturated heterocycles. The minimum absolute atomic E-state index is 0.657. The van der Waals surface area contributed by atoms with E-state index in [1.807, 2.05) is 0 Å². The molecule has 0 aliphatic heterocycles. The van der Waals surface area contributed by atoms with Gasteiger partial charge in [-0.25, -0.2) is 0 Å². The zero-order chi connectivity index (χ0) is 14.3. The first-order valence-electron chi connectivity index (χ1n) is 7.15. The SMILES string of the molecule is CCCCCCCCCCc1c(S)c(=S)c(=S)c1=S. The van der Waals surface area contributed by atoms with Crippen LogP contribution in [-0.4, -0.2) is 0 Å². The average Bonchev–Trinajstić information content (AvgIpc) is 2.59. The van der Waals surface area contributed by atoms with E-state index in [-0.39, 0.29) is 0 Å². The summed E-state index contributed by atoms with van der Waals surface area (Å²) in [5.41, 5.74) is 1.11. The van der Waals surface area contributed by atoms with Crippen LogP contribution in [-0.2, 0) is 6.42 Å². The number of rotatable bonds is 9. The molecule has 0 N–H and O–H groups in total. The Hall–Kier alpha value is 0.360. The topological polar surface area (TPSA) is 0 Å². The van der Waals surface area contributed by atoms with Crippen molar-refractivity contribution in [3.63, 3.8) is 0 Å². The lowest BCUT2D eigenvalue weighted by Crippen LogP contribution is -1.86. The zero-order valence-corrected chi connectivity index (χ0v) is 14.9. The van der Waals surface area contributed by atoms with Gasteiger partial charge < -0.3 is 0 Å². The van der Waals surface area contributed by atoms with Crippen LogP contribution in [0.15, 0.2) is 4.90 Å². The minimum Gasteiger partial charge on any atom is -0.142 e. The van der Waals surface area contributed by atoms with E-state index in [1.54, 1.807) is 0 Å². The predicted octanol–water partition coefficient (Wildman–Crippen LogP) is 6.72. The number of unbranched alkanes of at least 4 members (excludes halogenated alkanes) is 7. The lowest BCUT2D eigenvalue weighted by Gasteiger charge is -2.02. The Labute approximate surface area is 137 Å². The Morgan fingerprint density at radius 3 is 1.74 bits per heavy atom. The van der Waals surface area contributed by atoms with Crippen molar-refractivity contribution in [3.8, 4) is 0 Å². The fourth-order valence-corrected chi connectivity index (χ4v) is 3.57. The van der Waals surface area contributed by atoms with Gasteiger partial charge in [-0.1, -0.05) is 88.5 Å². The van der Waals surface area contributed by atoms with Gasteiger partial charge >= 0.3 is 0 Å². The summed E-state index contributed by atoms with van der Waals surface area (Å²) < 4.78 is 2.11. The third-order valence-electron chi connectivity index (χ3n) is 3.47. The van der Waals surface area contributed by atoms with E-state index in [1.165, 1.54) is 51.4 Å². The molecule has 0 radical (unpaired) electrons. The third-order valence-corrected chi connectivity index (χ3v) is 5.64. The van der Waals surface area contributed by atoms with Crippen LogP contribution < -0.4 is 0 Å². The normalized spacial score (nSPS) is 11.1. The van der Waals surface area contributed by atoms with E-state index in [2.05, 4.69) is 19.6 Å². The molecule has 0 amide bonds. The van der Waals surface area contributed by atoms with Gasteiger partial charge in [0.15, 0.2) is 0 Å². The first-order valence-corrected chi connectivity index (χ1v) is 8.82. The predicted molar refractivity (Wildman–Crippen MR) is 94.9 cm³/mol. The molecule has 1 aromatic rings. The highest BCUT2D eigenvalue weighted by molar-refractivity contribution is 7.81. The van der Waals surface area contributed by atoms with Gasteiger partial charge in [-0.15, -0.1) is 12.6 Å².